The van der Waals surface area contributed by atoms with Crippen molar-refractivity contribution >= 4 is 0 Å². The molecular formula is C17H28O4. The van der Waals surface area contributed by atoms with Gasteiger partial charge in [-0.3, -0.25) is 0 Å². The van der Waals surface area contributed by atoms with Crippen molar-refractivity contribution in [3.8, 4) is 0 Å². The molecule has 4 aliphatic heterocycles. The van der Waals surface area contributed by atoms with Crippen LogP contribution >= 0.6 is 0 Å². The summed E-state index contributed by atoms with van der Waals surface area (Å²) in [5.41, 5.74) is -0.390. The van der Waals surface area contributed by atoms with Crippen LogP contribution < -0.4 is 0 Å². The summed E-state index contributed by atoms with van der Waals surface area (Å²) in [7, 11) is 0. The molecule has 2 bridgehead atoms. The Labute approximate surface area is 127 Å². The SMILES string of the molecule is CCC1O[C@@H]2O[C@@]3(C)CCC4[C@H](C)CC[C@@H]([C@H]1C)[C@]42OO3. The topological polar surface area (TPSA) is 36.9 Å². The fourth-order valence-electron chi connectivity index (χ4n) is 5.45. The summed E-state index contributed by atoms with van der Waals surface area (Å²) in [5, 5.41) is 0. The molecular weight excluding hydrogens is 268 g/mol. The van der Waals surface area contributed by atoms with E-state index < -0.39 is 11.4 Å². The third-order valence-corrected chi connectivity index (χ3v) is 6.70. The molecule has 120 valence electrons. The second-order valence-corrected chi connectivity index (χ2v) is 7.85. The van der Waals surface area contributed by atoms with E-state index in [1.54, 1.807) is 0 Å². The summed E-state index contributed by atoms with van der Waals surface area (Å²) in [6.45, 7) is 8.86. The minimum absolute atomic E-state index is 0.266. The Morgan fingerprint density at radius 1 is 1.05 bits per heavy atom. The summed E-state index contributed by atoms with van der Waals surface area (Å²) in [5.74, 6) is 1.45. The van der Waals surface area contributed by atoms with Gasteiger partial charge in [0.05, 0.1) is 6.10 Å². The average Bonchev–Trinajstić information content (AvgIpc) is 2.69. The monoisotopic (exact) mass is 296 g/mol. The van der Waals surface area contributed by atoms with Crippen LogP contribution in [0.1, 0.15) is 59.8 Å². The van der Waals surface area contributed by atoms with Crippen molar-refractivity contribution in [1.29, 1.82) is 0 Å². The van der Waals surface area contributed by atoms with E-state index in [1.165, 1.54) is 12.8 Å². The highest BCUT2D eigenvalue weighted by atomic mass is 17.3. The van der Waals surface area contributed by atoms with Crippen LogP contribution in [0.5, 0.6) is 0 Å². The number of hydrogen-bond acceptors (Lipinski definition) is 4. The molecule has 5 rings (SSSR count). The summed E-state index contributed by atoms with van der Waals surface area (Å²) in [6, 6.07) is 0. The molecule has 0 aromatic rings. The van der Waals surface area contributed by atoms with Crippen molar-refractivity contribution in [2.45, 2.75) is 83.6 Å². The molecule has 2 unspecified atom stereocenters. The van der Waals surface area contributed by atoms with Crippen LogP contribution in [0, 0.1) is 23.7 Å². The van der Waals surface area contributed by atoms with Gasteiger partial charge in [0.2, 0.25) is 5.79 Å². The zero-order valence-corrected chi connectivity index (χ0v) is 13.6. The van der Waals surface area contributed by atoms with Crippen molar-refractivity contribution < 1.29 is 19.2 Å². The van der Waals surface area contributed by atoms with Gasteiger partial charge in [0.1, 0.15) is 0 Å². The summed E-state index contributed by atoms with van der Waals surface area (Å²) < 4.78 is 12.7. The molecule has 21 heavy (non-hydrogen) atoms. The lowest BCUT2D eigenvalue weighted by molar-refractivity contribution is -0.571. The van der Waals surface area contributed by atoms with Crippen LogP contribution in [-0.2, 0) is 19.2 Å². The molecule has 0 radical (unpaired) electrons. The van der Waals surface area contributed by atoms with Gasteiger partial charge in [-0.05, 0) is 50.4 Å². The molecule has 0 N–H and O–H groups in total. The maximum atomic E-state index is 6.38. The van der Waals surface area contributed by atoms with Crippen LogP contribution in [-0.4, -0.2) is 23.8 Å². The second kappa shape index (κ2) is 4.67. The molecule has 4 heterocycles. The van der Waals surface area contributed by atoms with Crippen molar-refractivity contribution in [1.82, 2.24) is 0 Å². The molecule has 0 amide bonds. The lowest BCUT2D eigenvalue weighted by atomic mass is 9.57. The minimum atomic E-state index is -0.642. The Balaban J connectivity index is 1.79. The molecule has 1 aliphatic carbocycles. The molecule has 1 saturated carbocycles. The molecule has 4 heteroatoms. The largest absolute Gasteiger partial charge is 0.346 e. The number of rotatable bonds is 1. The van der Waals surface area contributed by atoms with Crippen LogP contribution in [0.4, 0.5) is 0 Å². The van der Waals surface area contributed by atoms with Gasteiger partial charge in [0, 0.05) is 12.3 Å². The minimum Gasteiger partial charge on any atom is -0.346 e. The van der Waals surface area contributed by atoms with Gasteiger partial charge in [-0.25, -0.2) is 9.78 Å². The maximum Gasteiger partial charge on any atom is 0.201 e. The zero-order chi connectivity index (χ0) is 14.8. The van der Waals surface area contributed by atoms with E-state index in [4.69, 9.17) is 19.2 Å². The highest BCUT2D eigenvalue weighted by Crippen LogP contribution is 2.60. The molecule has 4 saturated heterocycles. The summed E-state index contributed by atoms with van der Waals surface area (Å²) >= 11 is 0. The summed E-state index contributed by atoms with van der Waals surface area (Å²) in [6.07, 6.45) is 5.51. The van der Waals surface area contributed by atoms with Crippen LogP contribution in [0.3, 0.4) is 0 Å². The Bertz CT molecular complexity index is 427. The van der Waals surface area contributed by atoms with E-state index in [0.29, 0.717) is 23.7 Å². The van der Waals surface area contributed by atoms with E-state index in [1.807, 2.05) is 6.92 Å². The molecule has 0 aromatic carbocycles. The summed E-state index contributed by atoms with van der Waals surface area (Å²) in [4.78, 5) is 11.9. The van der Waals surface area contributed by atoms with Gasteiger partial charge in [0.15, 0.2) is 11.9 Å². The van der Waals surface area contributed by atoms with Crippen LogP contribution in [0.2, 0.25) is 0 Å². The number of ether oxygens (including phenoxy) is 2. The Morgan fingerprint density at radius 2 is 1.86 bits per heavy atom. The van der Waals surface area contributed by atoms with Gasteiger partial charge < -0.3 is 9.47 Å². The first-order valence-corrected chi connectivity index (χ1v) is 8.70. The molecule has 0 aromatic heterocycles. The van der Waals surface area contributed by atoms with Gasteiger partial charge in [-0.15, -0.1) is 0 Å². The number of hydrogen-bond donors (Lipinski definition) is 0. The van der Waals surface area contributed by atoms with Crippen LogP contribution in [0.25, 0.3) is 0 Å². The molecule has 5 aliphatic rings. The van der Waals surface area contributed by atoms with E-state index in [9.17, 15) is 0 Å². The predicted octanol–water partition coefficient (Wildman–Crippen LogP) is 3.65. The van der Waals surface area contributed by atoms with Crippen molar-refractivity contribution in [2.75, 3.05) is 0 Å². The van der Waals surface area contributed by atoms with Gasteiger partial charge in [0.25, 0.3) is 0 Å². The predicted molar refractivity (Wildman–Crippen MR) is 77.1 cm³/mol. The standard InChI is InChI=1S/C17H28O4/c1-5-14-11(3)13-7-6-10(2)12-8-9-16(4)19-15(18-14)17(12,13)21-20-16/h10-15H,5-9H2,1-4H3/t10-,11-,12?,13+,14?,15-,16-,17-/m1/s1. The van der Waals surface area contributed by atoms with Crippen molar-refractivity contribution in [3.63, 3.8) is 0 Å². The van der Waals surface area contributed by atoms with Gasteiger partial charge in [-0.2, -0.15) is 0 Å². The maximum absolute atomic E-state index is 6.38. The van der Waals surface area contributed by atoms with Gasteiger partial charge in [-0.1, -0.05) is 20.8 Å². The van der Waals surface area contributed by atoms with Crippen molar-refractivity contribution in [3.05, 3.63) is 0 Å². The lowest BCUT2D eigenvalue weighted by Gasteiger charge is -2.60. The molecule has 5 fully saturated rings. The van der Waals surface area contributed by atoms with E-state index in [-0.39, 0.29) is 12.4 Å². The normalized spacial score (nSPS) is 59.4. The zero-order valence-electron chi connectivity index (χ0n) is 13.6. The third kappa shape index (κ3) is 1.82. The Hall–Kier alpha value is -0.160. The van der Waals surface area contributed by atoms with E-state index in [2.05, 4.69) is 20.8 Å². The Kier molecular flexibility index (Phi) is 3.21. The first-order chi connectivity index (χ1) is 10.00. The second-order valence-electron chi connectivity index (χ2n) is 7.85. The lowest BCUT2D eigenvalue weighted by Crippen LogP contribution is -2.70. The first kappa shape index (κ1) is 14.4. The highest BCUT2D eigenvalue weighted by molar-refractivity contribution is 5.09. The van der Waals surface area contributed by atoms with Crippen LogP contribution in [0.15, 0.2) is 0 Å². The fraction of sp³-hybridized carbons (Fsp3) is 1.00. The van der Waals surface area contributed by atoms with Crippen molar-refractivity contribution in [2.24, 2.45) is 23.7 Å². The highest BCUT2D eigenvalue weighted by Gasteiger charge is 2.69. The van der Waals surface area contributed by atoms with E-state index in [0.717, 1.165) is 19.3 Å². The quantitative estimate of drug-likeness (QED) is 0.692. The number of fused-ring (bicyclic) bond motifs is 2. The molecule has 1 spiro atoms. The fourth-order valence-corrected chi connectivity index (χ4v) is 5.45. The Morgan fingerprint density at radius 3 is 2.62 bits per heavy atom. The smallest absolute Gasteiger partial charge is 0.201 e. The molecule has 4 nitrogen and oxygen atoms in total. The first-order valence-electron chi connectivity index (χ1n) is 8.70. The van der Waals surface area contributed by atoms with E-state index >= 15 is 0 Å². The average molecular weight is 296 g/mol. The third-order valence-electron chi connectivity index (χ3n) is 6.70. The molecule has 8 atom stereocenters. The van der Waals surface area contributed by atoms with Gasteiger partial charge >= 0.3 is 0 Å².